The first-order valence-corrected chi connectivity index (χ1v) is 10.0. The standard InChI is InChI=1S/C15H24NO2PS/c1-3-4-5-6-7-8-12-20(17,18)16(2)13-10-9-11-14-15(13)19-14/h9-11,19H,3-8,12H2,1-2H3. The number of benzene rings is 1. The Hall–Kier alpha value is -0.600. The molecule has 1 unspecified atom stereocenters. The molecule has 0 saturated heterocycles. The van der Waals surface area contributed by atoms with Crippen LogP contribution in [0.4, 0.5) is 5.69 Å². The van der Waals surface area contributed by atoms with Gasteiger partial charge in [-0.25, -0.2) is 8.42 Å². The van der Waals surface area contributed by atoms with Gasteiger partial charge in [-0.2, -0.15) is 0 Å². The SMILES string of the molecule is CCCCCCCCS(=O)(=O)N(C)c1cccc2c1P2. The summed E-state index contributed by atoms with van der Waals surface area (Å²) in [4.78, 5) is 0. The van der Waals surface area contributed by atoms with Gasteiger partial charge in [-0.3, -0.25) is 4.31 Å². The van der Waals surface area contributed by atoms with E-state index in [1.54, 1.807) is 7.05 Å². The molecule has 0 fully saturated rings. The number of sulfonamides is 1. The van der Waals surface area contributed by atoms with Crippen LogP contribution in [0.2, 0.25) is 0 Å². The topological polar surface area (TPSA) is 37.4 Å². The van der Waals surface area contributed by atoms with Gasteiger partial charge in [0.05, 0.1) is 11.4 Å². The third kappa shape index (κ3) is 3.95. The molecule has 1 atom stereocenters. The van der Waals surface area contributed by atoms with Crippen molar-refractivity contribution in [2.24, 2.45) is 0 Å². The van der Waals surface area contributed by atoms with Gasteiger partial charge < -0.3 is 0 Å². The van der Waals surface area contributed by atoms with Crippen LogP contribution < -0.4 is 14.9 Å². The fraction of sp³-hybridized carbons (Fsp3) is 0.600. The number of unbranched alkanes of at least 4 members (excludes halogenated alkanes) is 5. The molecule has 3 nitrogen and oxygen atoms in total. The maximum absolute atomic E-state index is 12.3. The van der Waals surface area contributed by atoms with Gasteiger partial charge in [0.15, 0.2) is 0 Å². The van der Waals surface area contributed by atoms with Crippen molar-refractivity contribution in [3.63, 3.8) is 0 Å². The van der Waals surface area contributed by atoms with Gasteiger partial charge in [-0.1, -0.05) is 59.7 Å². The lowest BCUT2D eigenvalue weighted by molar-refractivity contribution is 0.582. The molecule has 0 spiro atoms. The molecule has 0 saturated carbocycles. The lowest BCUT2D eigenvalue weighted by Gasteiger charge is -2.19. The molecular formula is C15H24NO2PS. The molecule has 1 aliphatic heterocycles. The number of hydrogen-bond donors (Lipinski definition) is 0. The smallest absolute Gasteiger partial charge is 0.234 e. The molecule has 0 bridgehead atoms. The zero-order valence-electron chi connectivity index (χ0n) is 12.4. The van der Waals surface area contributed by atoms with E-state index in [1.807, 2.05) is 12.1 Å². The molecule has 0 amide bonds. The van der Waals surface area contributed by atoms with Crippen LogP contribution in [0.15, 0.2) is 18.2 Å². The van der Waals surface area contributed by atoms with E-state index in [0.717, 1.165) is 24.9 Å². The van der Waals surface area contributed by atoms with Gasteiger partial charge in [0, 0.05) is 12.4 Å². The molecule has 1 aromatic rings. The number of nitrogens with zero attached hydrogens (tertiary/aromatic N) is 1. The van der Waals surface area contributed by atoms with Crippen molar-refractivity contribution in [2.75, 3.05) is 17.1 Å². The van der Waals surface area contributed by atoms with Crippen LogP contribution in [-0.4, -0.2) is 21.2 Å². The molecule has 0 aliphatic carbocycles. The molecule has 5 heteroatoms. The summed E-state index contributed by atoms with van der Waals surface area (Å²) in [6, 6.07) is 5.94. The summed E-state index contributed by atoms with van der Waals surface area (Å²) < 4.78 is 26.1. The van der Waals surface area contributed by atoms with Crippen molar-refractivity contribution in [3.05, 3.63) is 18.2 Å². The third-order valence-electron chi connectivity index (χ3n) is 3.75. The summed E-state index contributed by atoms with van der Waals surface area (Å²) in [7, 11) is -0.768. The largest absolute Gasteiger partial charge is 0.273 e. The summed E-state index contributed by atoms with van der Waals surface area (Å²) in [5.41, 5.74) is 0.881. The Kier molecular flexibility index (Phi) is 5.45. The maximum Gasteiger partial charge on any atom is 0.234 e. The molecule has 0 N–H and O–H groups in total. The first kappa shape index (κ1) is 15.8. The normalized spacial score (nSPS) is 14.3. The summed E-state index contributed by atoms with van der Waals surface area (Å²) in [6.45, 7) is 2.19. The highest BCUT2D eigenvalue weighted by Gasteiger charge is 2.27. The van der Waals surface area contributed by atoms with E-state index in [4.69, 9.17) is 0 Å². The molecule has 2 rings (SSSR count). The maximum atomic E-state index is 12.3. The molecule has 20 heavy (non-hydrogen) atoms. The van der Waals surface area contributed by atoms with Crippen LogP contribution in [0, 0.1) is 0 Å². The fourth-order valence-corrected chi connectivity index (χ4v) is 4.72. The van der Waals surface area contributed by atoms with Crippen molar-refractivity contribution in [2.45, 2.75) is 45.4 Å². The minimum Gasteiger partial charge on any atom is -0.273 e. The Balaban J connectivity index is 1.83. The van der Waals surface area contributed by atoms with E-state index < -0.39 is 10.0 Å². The third-order valence-corrected chi connectivity index (χ3v) is 6.80. The van der Waals surface area contributed by atoms with E-state index in [2.05, 4.69) is 13.0 Å². The van der Waals surface area contributed by atoms with Crippen molar-refractivity contribution in [1.82, 2.24) is 0 Å². The van der Waals surface area contributed by atoms with Crippen LogP contribution in [0.5, 0.6) is 0 Å². The predicted molar refractivity (Wildman–Crippen MR) is 89.6 cm³/mol. The van der Waals surface area contributed by atoms with Gasteiger partial charge in [0.1, 0.15) is 0 Å². The van der Waals surface area contributed by atoms with Gasteiger partial charge >= 0.3 is 0 Å². The molecule has 1 aromatic carbocycles. The van der Waals surface area contributed by atoms with Gasteiger partial charge in [-0.15, -0.1) is 0 Å². The first-order valence-electron chi connectivity index (χ1n) is 7.43. The van der Waals surface area contributed by atoms with Gasteiger partial charge in [-0.05, 0) is 17.8 Å². The van der Waals surface area contributed by atoms with Crippen molar-refractivity contribution < 1.29 is 8.42 Å². The molecular weight excluding hydrogens is 289 g/mol. The van der Waals surface area contributed by atoms with E-state index >= 15 is 0 Å². The summed E-state index contributed by atoms with van der Waals surface area (Å²) >= 11 is 0. The quantitative estimate of drug-likeness (QED) is 0.527. The predicted octanol–water partition coefficient (Wildman–Crippen LogP) is 2.76. The average Bonchev–Trinajstić information content (AvgIpc) is 3.21. The number of fused-ring (bicyclic) bond motifs is 1. The highest BCUT2D eigenvalue weighted by molar-refractivity contribution is 7.92. The summed E-state index contributed by atoms with van der Waals surface area (Å²) in [5.74, 6) is 0.266. The Labute approximate surface area is 124 Å². The van der Waals surface area contributed by atoms with E-state index in [9.17, 15) is 8.42 Å². The molecule has 1 aliphatic rings. The van der Waals surface area contributed by atoms with Crippen LogP contribution in [0.3, 0.4) is 0 Å². The Morgan fingerprint density at radius 1 is 1.10 bits per heavy atom. The van der Waals surface area contributed by atoms with Gasteiger partial charge in [0.2, 0.25) is 10.0 Å². The van der Waals surface area contributed by atoms with E-state index in [-0.39, 0.29) is 5.75 Å². The minimum atomic E-state index is -3.16. The number of hydrogen-bond acceptors (Lipinski definition) is 2. The van der Waals surface area contributed by atoms with Crippen molar-refractivity contribution in [3.8, 4) is 0 Å². The highest BCUT2D eigenvalue weighted by Crippen LogP contribution is 2.31. The van der Waals surface area contributed by atoms with E-state index in [1.165, 1.54) is 34.2 Å². The fourth-order valence-electron chi connectivity index (χ4n) is 2.36. The van der Waals surface area contributed by atoms with Crippen LogP contribution in [-0.2, 0) is 10.0 Å². The van der Waals surface area contributed by atoms with Crippen LogP contribution in [0.25, 0.3) is 0 Å². The molecule has 112 valence electrons. The summed E-state index contributed by atoms with van der Waals surface area (Å²) in [6.07, 6.45) is 6.63. The Morgan fingerprint density at radius 3 is 2.55 bits per heavy atom. The van der Waals surface area contributed by atoms with Crippen molar-refractivity contribution in [1.29, 1.82) is 0 Å². The number of anilines is 1. The second-order valence-electron chi connectivity index (χ2n) is 5.38. The monoisotopic (exact) mass is 313 g/mol. The minimum absolute atomic E-state index is 0.266. The van der Waals surface area contributed by atoms with Gasteiger partial charge in [0.25, 0.3) is 0 Å². The lowest BCUT2D eigenvalue weighted by atomic mass is 10.1. The Bertz CT molecular complexity index is 557. The summed E-state index contributed by atoms with van der Waals surface area (Å²) in [5, 5.41) is 2.53. The average molecular weight is 313 g/mol. The molecule has 1 heterocycles. The number of rotatable bonds is 9. The Morgan fingerprint density at radius 2 is 1.80 bits per heavy atom. The molecule has 0 radical (unpaired) electrons. The molecule has 0 aromatic heterocycles. The van der Waals surface area contributed by atoms with Crippen molar-refractivity contribution >= 4 is 34.9 Å². The zero-order valence-corrected chi connectivity index (χ0v) is 14.2. The van der Waals surface area contributed by atoms with E-state index in [0.29, 0.717) is 8.58 Å². The second-order valence-corrected chi connectivity index (χ2v) is 8.78. The lowest BCUT2D eigenvalue weighted by Crippen LogP contribution is -2.31. The van der Waals surface area contributed by atoms with Crippen LogP contribution >= 0.6 is 8.58 Å². The second kappa shape index (κ2) is 6.91. The first-order chi connectivity index (χ1) is 9.56. The van der Waals surface area contributed by atoms with Crippen LogP contribution in [0.1, 0.15) is 45.4 Å². The highest BCUT2D eigenvalue weighted by atomic mass is 32.2. The zero-order chi connectivity index (χ0) is 14.6.